The van der Waals surface area contributed by atoms with E-state index in [9.17, 15) is 0 Å². The molecule has 0 bridgehead atoms. The number of aliphatic imine (C=N–C) groups is 1. The van der Waals surface area contributed by atoms with Gasteiger partial charge in [0.05, 0.1) is 5.54 Å². The largest absolute Gasteiger partial charge is 0.282 e. The van der Waals surface area contributed by atoms with Crippen LogP contribution in [-0.2, 0) is 6.42 Å². The van der Waals surface area contributed by atoms with Crippen molar-refractivity contribution in [1.29, 1.82) is 0 Å². The van der Waals surface area contributed by atoms with Gasteiger partial charge in [-0.15, -0.1) is 0 Å². The first-order valence-electron chi connectivity index (χ1n) is 6.01. The van der Waals surface area contributed by atoms with Gasteiger partial charge in [0.1, 0.15) is 0 Å². The summed E-state index contributed by atoms with van der Waals surface area (Å²) in [5, 5.41) is 0. The topological polar surface area (TPSA) is 12.4 Å². The Kier molecular flexibility index (Phi) is 3.23. The monoisotopic (exact) mass is 213 g/mol. The van der Waals surface area contributed by atoms with Crippen LogP contribution in [0.2, 0.25) is 0 Å². The van der Waals surface area contributed by atoms with Crippen molar-refractivity contribution in [3.05, 3.63) is 48.0 Å². The molecule has 0 radical (unpaired) electrons. The first-order valence-corrected chi connectivity index (χ1v) is 6.01. The third kappa shape index (κ3) is 2.24. The summed E-state index contributed by atoms with van der Waals surface area (Å²) in [7, 11) is 0. The molecule has 1 nitrogen and oxygen atoms in total. The maximum Gasteiger partial charge on any atom is 0.0794 e. The summed E-state index contributed by atoms with van der Waals surface area (Å²) in [6.45, 7) is 4.48. The van der Waals surface area contributed by atoms with Crippen molar-refractivity contribution in [3.63, 3.8) is 0 Å². The summed E-state index contributed by atoms with van der Waals surface area (Å²) in [6.07, 6.45) is 8.48. The molecule has 0 spiro atoms. The predicted molar refractivity (Wildman–Crippen MR) is 70.0 cm³/mol. The van der Waals surface area contributed by atoms with Crippen LogP contribution < -0.4 is 0 Å². The zero-order valence-electron chi connectivity index (χ0n) is 10.1. The van der Waals surface area contributed by atoms with Crippen LogP contribution in [0, 0.1) is 5.92 Å². The molecule has 1 aliphatic heterocycles. The minimum absolute atomic E-state index is 0.00455. The molecule has 84 valence electrons. The standard InChI is InChI=1S/C15H19N/c1-3-14(15(2)10-7-11-16-15)12-13-8-5-4-6-9-13/h4-11,14H,3,12H2,1-2H3. The molecular weight excluding hydrogens is 194 g/mol. The smallest absolute Gasteiger partial charge is 0.0794 e. The number of hydrogen-bond acceptors (Lipinski definition) is 1. The Morgan fingerprint density at radius 3 is 2.56 bits per heavy atom. The van der Waals surface area contributed by atoms with Crippen molar-refractivity contribution in [2.24, 2.45) is 10.9 Å². The van der Waals surface area contributed by atoms with E-state index >= 15 is 0 Å². The molecule has 0 aromatic heterocycles. The van der Waals surface area contributed by atoms with Crippen molar-refractivity contribution in [2.75, 3.05) is 0 Å². The fraction of sp³-hybridized carbons (Fsp3) is 0.400. The summed E-state index contributed by atoms with van der Waals surface area (Å²) in [5.74, 6) is 0.588. The molecule has 0 saturated heterocycles. The highest BCUT2D eigenvalue weighted by atomic mass is 14.9. The second-order valence-electron chi connectivity index (χ2n) is 4.66. The van der Waals surface area contributed by atoms with Gasteiger partial charge < -0.3 is 0 Å². The zero-order chi connectivity index (χ0) is 11.4. The van der Waals surface area contributed by atoms with Gasteiger partial charge in [-0.1, -0.05) is 49.8 Å². The third-order valence-electron chi connectivity index (χ3n) is 3.52. The van der Waals surface area contributed by atoms with Gasteiger partial charge in [-0.3, -0.25) is 4.99 Å². The molecule has 2 rings (SSSR count). The average molecular weight is 213 g/mol. The molecule has 16 heavy (non-hydrogen) atoms. The van der Waals surface area contributed by atoms with Crippen LogP contribution in [0.25, 0.3) is 0 Å². The van der Waals surface area contributed by atoms with E-state index in [1.54, 1.807) is 0 Å². The fourth-order valence-electron chi connectivity index (χ4n) is 2.39. The Bertz CT molecular complexity index is 377. The van der Waals surface area contributed by atoms with Gasteiger partial charge >= 0.3 is 0 Å². The van der Waals surface area contributed by atoms with Crippen molar-refractivity contribution < 1.29 is 0 Å². The van der Waals surface area contributed by atoms with Crippen LogP contribution in [0.1, 0.15) is 25.8 Å². The Balaban J connectivity index is 2.13. The van der Waals surface area contributed by atoms with E-state index in [-0.39, 0.29) is 5.54 Å². The highest BCUT2D eigenvalue weighted by Gasteiger charge is 2.30. The molecule has 1 aromatic carbocycles. The maximum absolute atomic E-state index is 4.60. The van der Waals surface area contributed by atoms with Crippen LogP contribution >= 0.6 is 0 Å². The summed E-state index contributed by atoms with van der Waals surface area (Å²) in [5.41, 5.74) is 1.41. The predicted octanol–water partition coefficient (Wildman–Crippen LogP) is 3.65. The molecule has 0 fully saturated rings. The Morgan fingerprint density at radius 1 is 1.25 bits per heavy atom. The number of hydrogen-bond donors (Lipinski definition) is 0. The van der Waals surface area contributed by atoms with E-state index in [1.165, 1.54) is 5.56 Å². The van der Waals surface area contributed by atoms with E-state index in [0.29, 0.717) is 5.92 Å². The summed E-state index contributed by atoms with van der Waals surface area (Å²) in [6, 6.07) is 10.7. The Hall–Kier alpha value is -1.37. The molecular formula is C15H19N. The maximum atomic E-state index is 4.60. The summed E-state index contributed by atoms with van der Waals surface area (Å²) < 4.78 is 0. The summed E-state index contributed by atoms with van der Waals surface area (Å²) in [4.78, 5) is 4.60. The van der Waals surface area contributed by atoms with Crippen molar-refractivity contribution in [2.45, 2.75) is 32.2 Å². The van der Waals surface area contributed by atoms with Crippen molar-refractivity contribution in [1.82, 2.24) is 0 Å². The first-order chi connectivity index (χ1) is 7.74. The number of rotatable bonds is 4. The average Bonchev–Trinajstić information content (AvgIpc) is 2.75. The molecule has 2 atom stereocenters. The third-order valence-corrected chi connectivity index (χ3v) is 3.52. The van der Waals surface area contributed by atoms with Crippen molar-refractivity contribution >= 4 is 6.21 Å². The van der Waals surface area contributed by atoms with Crippen LogP contribution in [0.4, 0.5) is 0 Å². The molecule has 1 heteroatoms. The molecule has 1 aromatic rings. The first kappa shape index (κ1) is 11.1. The zero-order valence-corrected chi connectivity index (χ0v) is 10.1. The normalized spacial score (nSPS) is 24.9. The minimum Gasteiger partial charge on any atom is -0.282 e. The molecule has 0 N–H and O–H groups in total. The van der Waals surface area contributed by atoms with Crippen molar-refractivity contribution in [3.8, 4) is 0 Å². The highest BCUT2D eigenvalue weighted by molar-refractivity contribution is 5.75. The van der Waals surface area contributed by atoms with E-state index in [2.05, 4.69) is 61.3 Å². The molecule has 1 aliphatic rings. The highest BCUT2D eigenvalue weighted by Crippen LogP contribution is 2.31. The van der Waals surface area contributed by atoms with Gasteiger partial charge in [-0.05, 0) is 30.9 Å². The quantitative estimate of drug-likeness (QED) is 0.724. The summed E-state index contributed by atoms with van der Waals surface area (Å²) >= 11 is 0. The lowest BCUT2D eigenvalue weighted by atomic mass is 9.80. The van der Waals surface area contributed by atoms with E-state index in [0.717, 1.165) is 12.8 Å². The lowest BCUT2D eigenvalue weighted by Crippen LogP contribution is -2.30. The van der Waals surface area contributed by atoms with Crippen LogP contribution in [-0.4, -0.2) is 11.8 Å². The van der Waals surface area contributed by atoms with Gasteiger partial charge in [-0.25, -0.2) is 0 Å². The van der Waals surface area contributed by atoms with E-state index in [1.807, 2.05) is 6.21 Å². The van der Waals surface area contributed by atoms with E-state index < -0.39 is 0 Å². The SMILES string of the molecule is CCC(Cc1ccccc1)C1(C)C=CC=N1. The number of benzene rings is 1. The second-order valence-corrected chi connectivity index (χ2v) is 4.66. The Labute approximate surface area is 97.9 Å². The molecule has 0 saturated carbocycles. The number of allylic oxidation sites excluding steroid dienone is 1. The van der Waals surface area contributed by atoms with Crippen LogP contribution in [0.15, 0.2) is 47.5 Å². The van der Waals surface area contributed by atoms with Gasteiger partial charge in [0.25, 0.3) is 0 Å². The lowest BCUT2D eigenvalue weighted by molar-refractivity contribution is 0.352. The van der Waals surface area contributed by atoms with Gasteiger partial charge in [0.2, 0.25) is 0 Å². The molecule has 1 heterocycles. The Morgan fingerprint density at radius 2 is 2.00 bits per heavy atom. The lowest BCUT2D eigenvalue weighted by Gasteiger charge is -2.29. The second kappa shape index (κ2) is 4.65. The van der Waals surface area contributed by atoms with Gasteiger partial charge in [0, 0.05) is 6.21 Å². The molecule has 2 unspecified atom stereocenters. The van der Waals surface area contributed by atoms with Gasteiger partial charge in [-0.2, -0.15) is 0 Å². The molecule has 0 amide bonds. The van der Waals surface area contributed by atoms with E-state index in [4.69, 9.17) is 0 Å². The fourth-order valence-corrected chi connectivity index (χ4v) is 2.39. The number of nitrogens with zero attached hydrogens (tertiary/aromatic N) is 1. The minimum atomic E-state index is 0.00455. The van der Waals surface area contributed by atoms with Crippen LogP contribution in [0.3, 0.4) is 0 Å². The van der Waals surface area contributed by atoms with Crippen LogP contribution in [0.5, 0.6) is 0 Å². The van der Waals surface area contributed by atoms with Gasteiger partial charge in [0.15, 0.2) is 0 Å². The molecule has 0 aliphatic carbocycles.